The molecule has 0 saturated carbocycles. The Morgan fingerprint density at radius 1 is 1.41 bits per heavy atom. The van der Waals surface area contributed by atoms with Crippen LogP contribution in [0.25, 0.3) is 0 Å². The fourth-order valence-corrected chi connectivity index (χ4v) is 2.26. The minimum Gasteiger partial charge on any atom is -0.437 e. The molecule has 0 aliphatic heterocycles. The Bertz CT molecular complexity index is 520. The highest BCUT2D eigenvalue weighted by Gasteiger charge is 2.08. The molecule has 5 heteroatoms. The van der Waals surface area contributed by atoms with Crippen molar-refractivity contribution in [1.82, 2.24) is 4.98 Å². The van der Waals surface area contributed by atoms with E-state index >= 15 is 0 Å². The zero-order valence-electron chi connectivity index (χ0n) is 9.66. The molecule has 0 fully saturated rings. The first-order valence-electron chi connectivity index (χ1n) is 5.17. The lowest BCUT2D eigenvalue weighted by molar-refractivity contribution is 0.431. The van der Waals surface area contributed by atoms with E-state index in [9.17, 15) is 4.39 Å². The van der Waals surface area contributed by atoms with Crippen LogP contribution in [0.5, 0.6) is 0 Å². The molecule has 2 N–H and O–H groups in total. The van der Waals surface area contributed by atoms with Gasteiger partial charge in [-0.25, -0.2) is 9.37 Å². The zero-order valence-corrected chi connectivity index (χ0v) is 10.5. The first-order valence-corrected chi connectivity index (χ1v) is 6.15. The summed E-state index contributed by atoms with van der Waals surface area (Å²) < 4.78 is 18.5. The number of halogens is 1. The standard InChI is InChI=1S/C12H13FN2OS/c1-7-8(2)16-12(15-7)17-6-9-5-10(13)3-4-11(9)14/h3-5H,6,14H2,1-2H3. The normalized spacial score (nSPS) is 10.8. The smallest absolute Gasteiger partial charge is 0.256 e. The Morgan fingerprint density at radius 2 is 2.18 bits per heavy atom. The van der Waals surface area contributed by atoms with Crippen LogP contribution in [0.3, 0.4) is 0 Å². The van der Waals surface area contributed by atoms with Crippen LogP contribution in [-0.2, 0) is 5.75 Å². The van der Waals surface area contributed by atoms with Crippen LogP contribution in [-0.4, -0.2) is 4.98 Å². The van der Waals surface area contributed by atoms with Gasteiger partial charge in [-0.2, -0.15) is 0 Å². The van der Waals surface area contributed by atoms with E-state index < -0.39 is 0 Å². The van der Waals surface area contributed by atoms with Gasteiger partial charge in [-0.1, -0.05) is 11.8 Å². The average Bonchev–Trinajstić information content (AvgIpc) is 2.60. The maximum absolute atomic E-state index is 13.0. The minimum absolute atomic E-state index is 0.283. The van der Waals surface area contributed by atoms with E-state index in [-0.39, 0.29) is 5.82 Å². The fourth-order valence-electron chi connectivity index (χ4n) is 1.34. The monoisotopic (exact) mass is 252 g/mol. The molecule has 2 rings (SSSR count). The van der Waals surface area contributed by atoms with Crippen LogP contribution in [0.15, 0.2) is 27.8 Å². The number of thioether (sulfide) groups is 1. The van der Waals surface area contributed by atoms with Gasteiger partial charge in [-0.3, -0.25) is 0 Å². The van der Waals surface area contributed by atoms with Crippen molar-refractivity contribution < 1.29 is 8.81 Å². The molecule has 3 nitrogen and oxygen atoms in total. The maximum Gasteiger partial charge on any atom is 0.256 e. The lowest BCUT2D eigenvalue weighted by atomic mass is 10.2. The molecule has 0 aliphatic rings. The number of hydrogen-bond acceptors (Lipinski definition) is 4. The van der Waals surface area contributed by atoms with E-state index in [0.717, 1.165) is 17.0 Å². The number of nitrogen functional groups attached to an aromatic ring is 1. The summed E-state index contributed by atoms with van der Waals surface area (Å²) in [7, 11) is 0. The van der Waals surface area contributed by atoms with E-state index in [0.29, 0.717) is 16.7 Å². The summed E-state index contributed by atoms with van der Waals surface area (Å²) in [5.41, 5.74) is 7.97. The molecule has 1 heterocycles. The van der Waals surface area contributed by atoms with Crippen molar-refractivity contribution >= 4 is 17.4 Å². The predicted molar refractivity (Wildman–Crippen MR) is 66.4 cm³/mol. The van der Waals surface area contributed by atoms with Crippen molar-refractivity contribution in [3.8, 4) is 0 Å². The molecule has 0 bridgehead atoms. The van der Waals surface area contributed by atoms with Crippen LogP contribution in [0.2, 0.25) is 0 Å². The van der Waals surface area contributed by atoms with Gasteiger partial charge in [0.25, 0.3) is 5.22 Å². The van der Waals surface area contributed by atoms with Gasteiger partial charge in [0, 0.05) is 11.4 Å². The third kappa shape index (κ3) is 2.79. The molecule has 0 spiro atoms. The van der Waals surface area contributed by atoms with Crippen LogP contribution in [0.4, 0.5) is 10.1 Å². The van der Waals surface area contributed by atoms with Gasteiger partial charge in [-0.05, 0) is 37.6 Å². The lowest BCUT2D eigenvalue weighted by Gasteiger charge is -2.03. The van der Waals surface area contributed by atoms with Crippen molar-refractivity contribution in [1.29, 1.82) is 0 Å². The predicted octanol–water partition coefficient (Wildman–Crippen LogP) is 3.31. The Kier molecular flexibility index (Phi) is 3.38. The van der Waals surface area contributed by atoms with E-state index in [2.05, 4.69) is 4.98 Å². The van der Waals surface area contributed by atoms with Gasteiger partial charge in [-0.15, -0.1) is 0 Å². The van der Waals surface area contributed by atoms with Gasteiger partial charge in [0.05, 0.1) is 5.69 Å². The number of benzene rings is 1. The van der Waals surface area contributed by atoms with Crippen molar-refractivity contribution in [3.63, 3.8) is 0 Å². The Morgan fingerprint density at radius 3 is 2.82 bits per heavy atom. The number of nitrogens with two attached hydrogens (primary N) is 1. The molecular weight excluding hydrogens is 239 g/mol. The molecule has 0 saturated heterocycles. The summed E-state index contributed by atoms with van der Waals surface area (Å²) in [5.74, 6) is 1.07. The van der Waals surface area contributed by atoms with Gasteiger partial charge >= 0.3 is 0 Å². The highest BCUT2D eigenvalue weighted by molar-refractivity contribution is 7.98. The molecule has 1 aromatic carbocycles. The van der Waals surface area contributed by atoms with Crippen molar-refractivity contribution in [2.24, 2.45) is 0 Å². The van der Waals surface area contributed by atoms with E-state index in [4.69, 9.17) is 10.2 Å². The number of anilines is 1. The number of oxazole rings is 1. The fraction of sp³-hybridized carbons (Fsp3) is 0.250. The third-order valence-corrected chi connectivity index (χ3v) is 3.34. The molecular formula is C12H13FN2OS. The van der Waals surface area contributed by atoms with Crippen LogP contribution < -0.4 is 5.73 Å². The van der Waals surface area contributed by atoms with Crippen LogP contribution in [0, 0.1) is 19.7 Å². The van der Waals surface area contributed by atoms with Gasteiger partial charge < -0.3 is 10.2 Å². The van der Waals surface area contributed by atoms with Crippen molar-refractivity contribution in [3.05, 3.63) is 41.0 Å². The summed E-state index contributed by atoms with van der Waals surface area (Å²) >= 11 is 1.41. The quantitative estimate of drug-likeness (QED) is 0.672. The first-order chi connectivity index (χ1) is 8.06. The summed E-state index contributed by atoms with van der Waals surface area (Å²) in [5, 5.41) is 0.587. The zero-order chi connectivity index (χ0) is 12.4. The highest BCUT2D eigenvalue weighted by atomic mass is 32.2. The van der Waals surface area contributed by atoms with E-state index in [1.54, 1.807) is 6.07 Å². The van der Waals surface area contributed by atoms with E-state index in [1.807, 2.05) is 13.8 Å². The van der Waals surface area contributed by atoms with E-state index in [1.165, 1.54) is 23.9 Å². The SMILES string of the molecule is Cc1nc(SCc2cc(F)ccc2N)oc1C. The largest absolute Gasteiger partial charge is 0.437 e. The second kappa shape index (κ2) is 4.79. The molecule has 0 unspecified atom stereocenters. The number of rotatable bonds is 3. The first kappa shape index (κ1) is 12.0. The number of hydrogen-bond donors (Lipinski definition) is 1. The molecule has 90 valence electrons. The minimum atomic E-state index is -0.283. The van der Waals surface area contributed by atoms with Crippen molar-refractivity contribution in [2.75, 3.05) is 5.73 Å². The molecule has 17 heavy (non-hydrogen) atoms. The Hall–Kier alpha value is -1.49. The van der Waals surface area contributed by atoms with Crippen molar-refractivity contribution in [2.45, 2.75) is 24.8 Å². The molecule has 0 atom stereocenters. The topological polar surface area (TPSA) is 52.0 Å². The van der Waals surface area contributed by atoms with Gasteiger partial charge in [0.15, 0.2) is 0 Å². The van der Waals surface area contributed by atoms with Crippen LogP contribution in [0.1, 0.15) is 17.0 Å². The number of aromatic nitrogens is 1. The van der Waals surface area contributed by atoms with Crippen LogP contribution >= 0.6 is 11.8 Å². The molecule has 0 aliphatic carbocycles. The average molecular weight is 252 g/mol. The number of nitrogens with zero attached hydrogens (tertiary/aromatic N) is 1. The molecule has 2 aromatic rings. The Labute approximate surface area is 103 Å². The summed E-state index contributed by atoms with van der Waals surface area (Å²) in [6.45, 7) is 3.75. The second-order valence-electron chi connectivity index (χ2n) is 3.75. The Balaban J connectivity index is 2.09. The summed E-state index contributed by atoms with van der Waals surface area (Å²) in [6.07, 6.45) is 0. The summed E-state index contributed by atoms with van der Waals surface area (Å²) in [4.78, 5) is 4.24. The molecule has 0 amide bonds. The lowest BCUT2D eigenvalue weighted by Crippen LogP contribution is -1.93. The second-order valence-corrected chi connectivity index (χ2v) is 4.68. The van der Waals surface area contributed by atoms with Gasteiger partial charge in [0.1, 0.15) is 11.6 Å². The molecule has 1 aromatic heterocycles. The number of aryl methyl sites for hydroxylation is 2. The third-order valence-electron chi connectivity index (χ3n) is 2.47. The molecule has 0 radical (unpaired) electrons. The maximum atomic E-state index is 13.0. The highest BCUT2D eigenvalue weighted by Crippen LogP contribution is 2.26. The van der Waals surface area contributed by atoms with Gasteiger partial charge in [0.2, 0.25) is 0 Å². The summed E-state index contributed by atoms with van der Waals surface area (Å²) in [6, 6.07) is 4.35.